The average Bonchev–Trinajstić information content (AvgIpc) is 2.20. The summed E-state index contributed by atoms with van der Waals surface area (Å²) in [6, 6.07) is 4.85. The van der Waals surface area contributed by atoms with Gasteiger partial charge in [0.1, 0.15) is 0 Å². The molecule has 1 atom stereocenters. The van der Waals surface area contributed by atoms with E-state index >= 15 is 0 Å². The SMILES string of the molecule is CCOc1ccc(C(N)CC(C)C)cc1F. The van der Waals surface area contributed by atoms with Crippen LogP contribution in [0.4, 0.5) is 4.39 Å². The molecule has 0 radical (unpaired) electrons. The molecule has 1 rings (SSSR count). The lowest BCUT2D eigenvalue weighted by atomic mass is 9.98. The van der Waals surface area contributed by atoms with E-state index in [-0.39, 0.29) is 11.9 Å². The highest BCUT2D eigenvalue weighted by molar-refractivity contribution is 5.31. The number of rotatable bonds is 5. The second kappa shape index (κ2) is 5.85. The Morgan fingerprint density at radius 1 is 1.38 bits per heavy atom. The van der Waals surface area contributed by atoms with Gasteiger partial charge in [0, 0.05) is 6.04 Å². The Kier molecular flexibility index (Phi) is 4.74. The Labute approximate surface area is 96.6 Å². The van der Waals surface area contributed by atoms with Gasteiger partial charge in [0.15, 0.2) is 11.6 Å². The molecule has 0 saturated heterocycles. The Hall–Kier alpha value is -1.09. The predicted octanol–water partition coefficient (Wildman–Crippen LogP) is 3.27. The third kappa shape index (κ3) is 3.49. The summed E-state index contributed by atoms with van der Waals surface area (Å²) in [5.74, 6) is 0.464. The van der Waals surface area contributed by atoms with Crippen molar-refractivity contribution in [2.24, 2.45) is 11.7 Å². The first kappa shape index (κ1) is 13.0. The maximum atomic E-state index is 13.6. The summed E-state index contributed by atoms with van der Waals surface area (Å²) in [5, 5.41) is 0. The lowest BCUT2D eigenvalue weighted by molar-refractivity contribution is 0.321. The zero-order valence-corrected chi connectivity index (χ0v) is 10.2. The fraction of sp³-hybridized carbons (Fsp3) is 0.538. The number of benzene rings is 1. The Morgan fingerprint density at radius 3 is 2.56 bits per heavy atom. The lowest BCUT2D eigenvalue weighted by Crippen LogP contribution is -2.13. The summed E-state index contributed by atoms with van der Waals surface area (Å²) < 4.78 is 18.7. The van der Waals surface area contributed by atoms with Gasteiger partial charge in [-0.2, -0.15) is 0 Å². The minimum absolute atomic E-state index is 0.106. The van der Waals surface area contributed by atoms with Crippen LogP contribution >= 0.6 is 0 Å². The van der Waals surface area contributed by atoms with E-state index in [0.29, 0.717) is 18.3 Å². The third-order valence-corrected chi connectivity index (χ3v) is 2.41. The van der Waals surface area contributed by atoms with E-state index in [1.54, 1.807) is 6.07 Å². The van der Waals surface area contributed by atoms with Crippen LogP contribution in [0.5, 0.6) is 5.75 Å². The summed E-state index contributed by atoms with van der Waals surface area (Å²) in [7, 11) is 0. The molecule has 2 N–H and O–H groups in total. The van der Waals surface area contributed by atoms with Crippen LogP contribution in [-0.2, 0) is 0 Å². The molecule has 0 amide bonds. The van der Waals surface area contributed by atoms with Crippen molar-refractivity contribution in [1.29, 1.82) is 0 Å². The lowest BCUT2D eigenvalue weighted by Gasteiger charge is -2.15. The predicted molar refractivity (Wildman–Crippen MR) is 64.0 cm³/mol. The summed E-state index contributed by atoms with van der Waals surface area (Å²) in [6.45, 7) is 6.50. The molecule has 0 aliphatic rings. The van der Waals surface area contributed by atoms with Crippen molar-refractivity contribution in [3.63, 3.8) is 0 Å². The molecule has 1 aromatic carbocycles. The smallest absolute Gasteiger partial charge is 0.165 e. The van der Waals surface area contributed by atoms with Gasteiger partial charge >= 0.3 is 0 Å². The van der Waals surface area contributed by atoms with Crippen molar-refractivity contribution >= 4 is 0 Å². The maximum Gasteiger partial charge on any atom is 0.165 e. The van der Waals surface area contributed by atoms with E-state index in [1.807, 2.05) is 13.0 Å². The molecule has 1 unspecified atom stereocenters. The quantitative estimate of drug-likeness (QED) is 0.834. The normalized spacial score (nSPS) is 12.9. The van der Waals surface area contributed by atoms with Gasteiger partial charge in [0.05, 0.1) is 6.61 Å². The molecule has 0 aliphatic carbocycles. The van der Waals surface area contributed by atoms with Gasteiger partial charge in [-0.1, -0.05) is 19.9 Å². The molecule has 3 heteroatoms. The van der Waals surface area contributed by atoms with Crippen molar-refractivity contribution in [3.05, 3.63) is 29.6 Å². The first-order valence-electron chi connectivity index (χ1n) is 5.72. The fourth-order valence-corrected chi connectivity index (χ4v) is 1.66. The molecule has 16 heavy (non-hydrogen) atoms. The van der Waals surface area contributed by atoms with Gasteiger partial charge in [-0.05, 0) is 37.0 Å². The average molecular weight is 225 g/mol. The monoisotopic (exact) mass is 225 g/mol. The molecule has 0 saturated carbocycles. The molecule has 0 bridgehead atoms. The molecule has 0 fully saturated rings. The molecule has 0 aliphatic heterocycles. The second-order valence-corrected chi connectivity index (χ2v) is 4.36. The van der Waals surface area contributed by atoms with Gasteiger partial charge in [0.2, 0.25) is 0 Å². The van der Waals surface area contributed by atoms with Crippen LogP contribution in [-0.4, -0.2) is 6.61 Å². The first-order valence-corrected chi connectivity index (χ1v) is 5.72. The van der Waals surface area contributed by atoms with E-state index < -0.39 is 0 Å². The highest BCUT2D eigenvalue weighted by atomic mass is 19.1. The highest BCUT2D eigenvalue weighted by Crippen LogP contribution is 2.24. The van der Waals surface area contributed by atoms with Crippen LogP contribution in [0.1, 0.15) is 38.8 Å². The van der Waals surface area contributed by atoms with E-state index in [4.69, 9.17) is 10.5 Å². The minimum atomic E-state index is -0.335. The van der Waals surface area contributed by atoms with Crippen LogP contribution in [0.3, 0.4) is 0 Å². The van der Waals surface area contributed by atoms with Crippen molar-refractivity contribution in [2.45, 2.75) is 33.2 Å². The van der Waals surface area contributed by atoms with Gasteiger partial charge in [-0.25, -0.2) is 4.39 Å². The van der Waals surface area contributed by atoms with Gasteiger partial charge in [-0.3, -0.25) is 0 Å². The van der Waals surface area contributed by atoms with Crippen LogP contribution in [0, 0.1) is 11.7 Å². The molecule has 0 spiro atoms. The third-order valence-electron chi connectivity index (χ3n) is 2.41. The number of hydrogen-bond donors (Lipinski definition) is 1. The number of halogens is 1. The van der Waals surface area contributed by atoms with Crippen LogP contribution in [0.2, 0.25) is 0 Å². The molecular formula is C13H20FNO. The van der Waals surface area contributed by atoms with Gasteiger partial charge in [0.25, 0.3) is 0 Å². The van der Waals surface area contributed by atoms with Crippen LogP contribution < -0.4 is 10.5 Å². The van der Waals surface area contributed by atoms with Gasteiger partial charge in [-0.15, -0.1) is 0 Å². The summed E-state index contributed by atoms with van der Waals surface area (Å²) in [5.41, 5.74) is 6.81. The van der Waals surface area contributed by atoms with Crippen LogP contribution in [0.25, 0.3) is 0 Å². The molecule has 0 aromatic heterocycles. The number of nitrogens with two attached hydrogens (primary N) is 1. The highest BCUT2D eigenvalue weighted by Gasteiger charge is 2.11. The molecule has 2 nitrogen and oxygen atoms in total. The van der Waals surface area contributed by atoms with Crippen LogP contribution in [0.15, 0.2) is 18.2 Å². The summed E-state index contributed by atoms with van der Waals surface area (Å²) in [6.07, 6.45) is 0.855. The van der Waals surface area contributed by atoms with Gasteiger partial charge < -0.3 is 10.5 Å². The standard InChI is InChI=1S/C13H20FNO/c1-4-16-13-6-5-10(8-11(13)14)12(15)7-9(2)3/h5-6,8-9,12H,4,7,15H2,1-3H3. The minimum Gasteiger partial charge on any atom is -0.491 e. The van der Waals surface area contributed by atoms with Crippen molar-refractivity contribution < 1.29 is 9.13 Å². The van der Waals surface area contributed by atoms with Crippen molar-refractivity contribution in [1.82, 2.24) is 0 Å². The summed E-state index contributed by atoms with van der Waals surface area (Å²) >= 11 is 0. The maximum absolute atomic E-state index is 13.6. The van der Waals surface area contributed by atoms with Crippen molar-refractivity contribution in [2.75, 3.05) is 6.61 Å². The molecule has 0 heterocycles. The van der Waals surface area contributed by atoms with E-state index in [0.717, 1.165) is 12.0 Å². The molecule has 90 valence electrons. The van der Waals surface area contributed by atoms with Crippen molar-refractivity contribution in [3.8, 4) is 5.75 Å². The Balaban J connectivity index is 2.79. The van der Waals surface area contributed by atoms with E-state index in [2.05, 4.69) is 13.8 Å². The fourth-order valence-electron chi connectivity index (χ4n) is 1.66. The zero-order chi connectivity index (χ0) is 12.1. The molecular weight excluding hydrogens is 205 g/mol. The van der Waals surface area contributed by atoms with E-state index in [9.17, 15) is 4.39 Å². The first-order chi connectivity index (χ1) is 7.54. The topological polar surface area (TPSA) is 35.2 Å². The second-order valence-electron chi connectivity index (χ2n) is 4.36. The number of hydrogen-bond acceptors (Lipinski definition) is 2. The molecule has 1 aromatic rings. The Morgan fingerprint density at radius 2 is 2.06 bits per heavy atom. The Bertz CT molecular complexity index is 339. The zero-order valence-electron chi connectivity index (χ0n) is 10.2. The number of ether oxygens (including phenoxy) is 1. The largest absolute Gasteiger partial charge is 0.491 e. The van der Waals surface area contributed by atoms with E-state index in [1.165, 1.54) is 6.07 Å². The summed E-state index contributed by atoms with van der Waals surface area (Å²) in [4.78, 5) is 0.